The summed E-state index contributed by atoms with van der Waals surface area (Å²) in [6.45, 7) is 1.99. The highest BCUT2D eigenvalue weighted by Crippen LogP contribution is 2.16. The minimum atomic E-state index is -0.0935. The van der Waals surface area contributed by atoms with Crippen LogP contribution in [0.4, 0.5) is 0 Å². The van der Waals surface area contributed by atoms with Crippen molar-refractivity contribution in [2.24, 2.45) is 5.73 Å². The zero-order chi connectivity index (χ0) is 15.1. The maximum Gasteiger partial charge on any atom is 0.220 e. The van der Waals surface area contributed by atoms with Gasteiger partial charge in [-0.05, 0) is 24.5 Å². The summed E-state index contributed by atoms with van der Waals surface area (Å²) in [4.78, 5) is 12.0. The van der Waals surface area contributed by atoms with E-state index in [9.17, 15) is 4.79 Å². The van der Waals surface area contributed by atoms with Crippen molar-refractivity contribution in [1.29, 1.82) is 0 Å². The fraction of sp³-hybridized carbons (Fsp3) is 0.278. The van der Waals surface area contributed by atoms with Gasteiger partial charge in [-0.3, -0.25) is 4.79 Å². The topological polar surface area (TPSA) is 55.1 Å². The quantitative estimate of drug-likeness (QED) is 0.853. The molecule has 2 unspecified atom stereocenters. The molecule has 2 rings (SSSR count). The number of benzene rings is 2. The lowest BCUT2D eigenvalue weighted by Crippen LogP contribution is -2.27. The molecule has 0 aliphatic rings. The summed E-state index contributed by atoms with van der Waals surface area (Å²) in [5.41, 5.74) is 8.29. The van der Waals surface area contributed by atoms with Gasteiger partial charge in [-0.15, -0.1) is 0 Å². The van der Waals surface area contributed by atoms with Crippen LogP contribution in [0.2, 0.25) is 0 Å². The number of amides is 1. The first-order chi connectivity index (χ1) is 10.2. The molecule has 0 heterocycles. The molecule has 0 spiro atoms. The predicted octanol–water partition coefficient (Wildman–Crippen LogP) is 3.34. The highest BCUT2D eigenvalue weighted by molar-refractivity contribution is 5.76. The van der Waals surface area contributed by atoms with Crippen LogP contribution in [-0.2, 0) is 4.79 Å². The second-order valence-corrected chi connectivity index (χ2v) is 5.26. The van der Waals surface area contributed by atoms with E-state index in [1.165, 1.54) is 0 Å². The zero-order valence-corrected chi connectivity index (χ0v) is 12.3. The molecule has 0 saturated heterocycles. The van der Waals surface area contributed by atoms with Crippen LogP contribution in [0.5, 0.6) is 0 Å². The van der Waals surface area contributed by atoms with Gasteiger partial charge in [0, 0.05) is 12.5 Å². The van der Waals surface area contributed by atoms with Crippen LogP contribution in [0.25, 0.3) is 0 Å². The van der Waals surface area contributed by atoms with Crippen molar-refractivity contribution in [3.63, 3.8) is 0 Å². The maximum atomic E-state index is 12.0. The number of carbonyl (C=O) groups excluding carboxylic acids is 1. The average molecular weight is 282 g/mol. The fourth-order valence-electron chi connectivity index (χ4n) is 2.29. The SMILES string of the molecule is CC(NC(=O)CCC(N)c1ccccc1)c1ccccc1. The van der Waals surface area contributed by atoms with Crippen LogP contribution < -0.4 is 11.1 Å². The van der Waals surface area contributed by atoms with Gasteiger partial charge in [-0.25, -0.2) is 0 Å². The summed E-state index contributed by atoms with van der Waals surface area (Å²) in [5, 5.41) is 3.01. The van der Waals surface area contributed by atoms with E-state index in [1.807, 2.05) is 67.6 Å². The Labute approximate surface area is 126 Å². The molecule has 3 nitrogen and oxygen atoms in total. The highest BCUT2D eigenvalue weighted by Gasteiger charge is 2.12. The largest absolute Gasteiger partial charge is 0.350 e. The van der Waals surface area contributed by atoms with Crippen LogP contribution in [0, 0.1) is 0 Å². The molecular formula is C18H22N2O. The monoisotopic (exact) mass is 282 g/mol. The minimum absolute atomic E-state index is 0.0200. The molecule has 0 bridgehead atoms. The number of nitrogens with two attached hydrogens (primary N) is 1. The van der Waals surface area contributed by atoms with Gasteiger partial charge >= 0.3 is 0 Å². The van der Waals surface area contributed by atoms with Gasteiger partial charge in [0.1, 0.15) is 0 Å². The Kier molecular flexibility index (Phi) is 5.52. The average Bonchev–Trinajstić information content (AvgIpc) is 2.54. The Balaban J connectivity index is 1.80. The lowest BCUT2D eigenvalue weighted by molar-refractivity contribution is -0.121. The van der Waals surface area contributed by atoms with E-state index >= 15 is 0 Å². The molecule has 110 valence electrons. The number of hydrogen-bond donors (Lipinski definition) is 2. The molecule has 0 aliphatic carbocycles. The van der Waals surface area contributed by atoms with Gasteiger partial charge in [-0.2, -0.15) is 0 Å². The van der Waals surface area contributed by atoms with E-state index in [-0.39, 0.29) is 18.0 Å². The summed E-state index contributed by atoms with van der Waals surface area (Å²) in [6, 6.07) is 19.8. The number of carbonyl (C=O) groups is 1. The Bertz CT molecular complexity index is 554. The molecule has 0 saturated carbocycles. The van der Waals surface area contributed by atoms with Gasteiger partial charge in [0.05, 0.1) is 6.04 Å². The summed E-state index contributed by atoms with van der Waals surface area (Å²) >= 11 is 0. The van der Waals surface area contributed by atoms with Crippen molar-refractivity contribution in [2.45, 2.75) is 31.8 Å². The normalized spacial score (nSPS) is 13.4. The number of hydrogen-bond acceptors (Lipinski definition) is 2. The Morgan fingerprint density at radius 2 is 1.52 bits per heavy atom. The standard InChI is InChI=1S/C18H22N2O/c1-14(15-8-4-2-5-9-15)20-18(21)13-12-17(19)16-10-6-3-7-11-16/h2-11,14,17H,12-13,19H2,1H3,(H,20,21). The summed E-state index contributed by atoms with van der Waals surface area (Å²) in [6.07, 6.45) is 1.09. The Morgan fingerprint density at radius 3 is 2.10 bits per heavy atom. The van der Waals surface area contributed by atoms with Crippen molar-refractivity contribution in [3.8, 4) is 0 Å². The van der Waals surface area contributed by atoms with Crippen LogP contribution in [0.1, 0.15) is 43.0 Å². The third kappa shape index (κ3) is 4.72. The minimum Gasteiger partial charge on any atom is -0.350 e. The maximum absolute atomic E-state index is 12.0. The summed E-state index contributed by atoms with van der Waals surface area (Å²) in [5.74, 6) is 0.0396. The number of rotatable bonds is 6. The zero-order valence-electron chi connectivity index (χ0n) is 12.3. The smallest absolute Gasteiger partial charge is 0.220 e. The van der Waals surface area contributed by atoms with E-state index in [0.29, 0.717) is 12.8 Å². The Morgan fingerprint density at radius 1 is 1.00 bits per heavy atom. The fourth-order valence-corrected chi connectivity index (χ4v) is 2.29. The lowest BCUT2D eigenvalue weighted by Gasteiger charge is -2.16. The van der Waals surface area contributed by atoms with E-state index in [0.717, 1.165) is 11.1 Å². The second-order valence-electron chi connectivity index (χ2n) is 5.26. The molecule has 0 aliphatic heterocycles. The molecule has 21 heavy (non-hydrogen) atoms. The second kappa shape index (κ2) is 7.60. The molecule has 3 heteroatoms. The van der Waals surface area contributed by atoms with Crippen molar-refractivity contribution in [3.05, 3.63) is 71.8 Å². The summed E-state index contributed by atoms with van der Waals surface area (Å²) < 4.78 is 0. The molecule has 2 atom stereocenters. The highest BCUT2D eigenvalue weighted by atomic mass is 16.1. The molecule has 0 aromatic heterocycles. The molecule has 2 aromatic rings. The number of nitrogens with one attached hydrogen (secondary N) is 1. The van der Waals surface area contributed by atoms with Crippen LogP contribution >= 0.6 is 0 Å². The van der Waals surface area contributed by atoms with E-state index in [1.54, 1.807) is 0 Å². The first-order valence-corrected chi connectivity index (χ1v) is 7.31. The van der Waals surface area contributed by atoms with Gasteiger partial charge in [0.2, 0.25) is 5.91 Å². The van der Waals surface area contributed by atoms with Crippen LogP contribution in [0.3, 0.4) is 0 Å². The van der Waals surface area contributed by atoms with Crippen molar-refractivity contribution >= 4 is 5.91 Å². The van der Waals surface area contributed by atoms with E-state index < -0.39 is 0 Å². The van der Waals surface area contributed by atoms with Gasteiger partial charge in [0.15, 0.2) is 0 Å². The van der Waals surface area contributed by atoms with Crippen molar-refractivity contribution < 1.29 is 4.79 Å². The predicted molar refractivity (Wildman–Crippen MR) is 85.6 cm³/mol. The van der Waals surface area contributed by atoms with Crippen LogP contribution in [-0.4, -0.2) is 5.91 Å². The first kappa shape index (κ1) is 15.3. The van der Waals surface area contributed by atoms with Crippen LogP contribution in [0.15, 0.2) is 60.7 Å². The van der Waals surface area contributed by atoms with Gasteiger partial charge < -0.3 is 11.1 Å². The van der Waals surface area contributed by atoms with Crippen molar-refractivity contribution in [1.82, 2.24) is 5.32 Å². The molecule has 0 radical (unpaired) electrons. The third-order valence-electron chi connectivity index (χ3n) is 3.59. The van der Waals surface area contributed by atoms with E-state index in [2.05, 4.69) is 5.32 Å². The molecule has 3 N–H and O–H groups in total. The lowest BCUT2D eigenvalue weighted by atomic mass is 10.0. The molecule has 1 amide bonds. The first-order valence-electron chi connectivity index (χ1n) is 7.31. The van der Waals surface area contributed by atoms with Gasteiger partial charge in [0.25, 0.3) is 0 Å². The van der Waals surface area contributed by atoms with Gasteiger partial charge in [-0.1, -0.05) is 60.7 Å². The molecular weight excluding hydrogens is 260 g/mol. The molecule has 2 aromatic carbocycles. The van der Waals surface area contributed by atoms with Crippen molar-refractivity contribution in [2.75, 3.05) is 0 Å². The summed E-state index contributed by atoms with van der Waals surface area (Å²) in [7, 11) is 0. The molecule has 0 fully saturated rings. The Hall–Kier alpha value is -2.13. The van der Waals surface area contributed by atoms with E-state index in [4.69, 9.17) is 5.73 Å². The third-order valence-corrected chi connectivity index (χ3v) is 3.59.